The van der Waals surface area contributed by atoms with Gasteiger partial charge in [0.15, 0.2) is 46.3 Å². The minimum atomic E-state index is -0.624. The van der Waals surface area contributed by atoms with Gasteiger partial charge in [0.05, 0.1) is 42.9 Å². The molecule has 714 valence electrons. The fourth-order valence-corrected chi connectivity index (χ4v) is 20.7. The van der Waals surface area contributed by atoms with E-state index in [0.29, 0.717) is 66.8 Å². The van der Waals surface area contributed by atoms with Crippen molar-refractivity contribution in [2.45, 2.75) is 51.4 Å². The number of Topliss-reactive ketones (excluding diaryl/α,β-unsaturated/α-hetero) is 8. The molecule has 16 aromatic carbocycles. The maximum atomic E-state index is 12.2. The molecule has 17 heteroatoms. The highest BCUT2D eigenvalue weighted by molar-refractivity contribution is 6.31. The number of nitrogens with zero attached hydrogens (tertiary/aromatic N) is 2. The molecule has 1 N–H and O–H groups in total. The topological polar surface area (TPSA) is 257 Å². The lowest BCUT2D eigenvalue weighted by Crippen LogP contribution is -2.36. The summed E-state index contributed by atoms with van der Waals surface area (Å²) in [6.07, 6.45) is 38.3. The number of fused-ring (bicyclic) bond motifs is 13. The van der Waals surface area contributed by atoms with Crippen molar-refractivity contribution in [2.75, 3.05) is 14.1 Å². The molecule has 14 aliphatic rings. The van der Waals surface area contributed by atoms with Gasteiger partial charge in [0, 0.05) is 97.0 Å². The predicted molar refractivity (Wildman–Crippen MR) is 578 cm³/mol. The monoisotopic (exact) mass is 1920 g/mol. The molecule has 3 heterocycles. The minimum Gasteiger partial charge on any atom is -0.295 e. The van der Waals surface area contributed by atoms with Crippen LogP contribution in [0.4, 0.5) is 0 Å². The van der Waals surface area contributed by atoms with E-state index < -0.39 is 23.7 Å². The summed E-state index contributed by atoms with van der Waals surface area (Å²) in [6.45, 7) is 0. The number of carbonyl (C=O) groups is 14. The van der Waals surface area contributed by atoms with E-state index in [2.05, 4.69) is 224 Å². The third-order valence-corrected chi connectivity index (χ3v) is 28.2. The van der Waals surface area contributed by atoms with Gasteiger partial charge in [-0.1, -0.05) is 352 Å². The van der Waals surface area contributed by atoms with Gasteiger partial charge in [-0.05, 0) is 193 Å². The van der Waals surface area contributed by atoms with Gasteiger partial charge in [-0.15, -0.1) is 0 Å². The van der Waals surface area contributed by atoms with Gasteiger partial charge >= 0.3 is 0 Å². The lowest BCUT2D eigenvalue weighted by atomic mass is 9.72. The van der Waals surface area contributed by atoms with Crippen LogP contribution in [0.25, 0.3) is 125 Å². The lowest BCUT2D eigenvalue weighted by molar-refractivity contribution is -0.126. The highest BCUT2D eigenvalue weighted by Crippen LogP contribution is 2.39. The Labute approximate surface area is 843 Å². The van der Waals surface area contributed by atoms with E-state index in [9.17, 15) is 67.1 Å². The zero-order valence-corrected chi connectivity index (χ0v) is 80.3. The number of rotatable bonds is 0. The molecule has 0 aromatic heterocycles. The minimum absolute atomic E-state index is 0.0100. The Kier molecular flexibility index (Phi) is 27.4. The molecule has 0 radical (unpaired) electrons. The Morgan fingerprint density at radius 3 is 0.701 bits per heavy atom. The zero-order chi connectivity index (χ0) is 102. The molecule has 4 atom stereocenters. The van der Waals surface area contributed by atoms with Crippen molar-refractivity contribution in [3.8, 4) is 0 Å². The molecule has 2 fully saturated rings. The summed E-state index contributed by atoms with van der Waals surface area (Å²) in [6, 6.07) is 103. The van der Waals surface area contributed by atoms with Crippen LogP contribution in [-0.2, 0) is 19.2 Å². The number of hydrogen-bond acceptors (Lipinski definition) is 14. The first kappa shape index (κ1) is 96.0. The molecule has 0 spiro atoms. The lowest BCUT2D eigenvalue weighted by Gasteiger charge is -2.28. The Morgan fingerprint density at radius 1 is 0.211 bits per heavy atom. The third kappa shape index (κ3) is 19.7. The van der Waals surface area contributed by atoms with Gasteiger partial charge < -0.3 is 0 Å². The van der Waals surface area contributed by atoms with Crippen LogP contribution in [0.1, 0.15) is 155 Å². The molecular formula is C130H95N3O14. The predicted octanol–water partition coefficient (Wildman–Crippen LogP) is 16.6. The maximum Gasteiger partial charge on any atom is 0.261 e. The summed E-state index contributed by atoms with van der Waals surface area (Å²) in [5, 5.41) is 29.3. The Hall–Kier alpha value is -18.5. The summed E-state index contributed by atoms with van der Waals surface area (Å²) in [7, 11) is 3.03. The standard InChI is InChI=1S/C14H10O2.2C13H9NO2.C13H8O2.3C13H10.C11H7NO4.C9H6O2.2C9H8/c15-13-9-5-1-2-6-10(9)14(16)12-8-4-3-7-11(12)13;2*1-14-12(15)9-6-2-4-8-5-3-7-10(11(8)9)13(14)16;14-11-7-12(15)10-6-2-4-8-3-1-5-9(11)13(8)10;3*1-2-5-11-9-13-7-3-6-12(13)8-10(11)4-1;13-8-3-9(14)5-2-7-6(1-4(5)8)10(15)12-11(7)16;10-8-5-9(11)7-4-2-1-3-6(7)8;2*1-2-5-9-7-3-6-8(9)4-1/h1-10H;2*2-7H,1H3;1-6H,7H2;3*1-2,4-9H,3H2;1-2,6-7H,3H2,(H,12,15,16);1-4H,5H2;2*1-2,4-7H,3H2. The smallest absolute Gasteiger partial charge is 0.261 e. The normalized spacial score (nSPS) is 17.5. The molecule has 6 amide bonds. The largest absolute Gasteiger partial charge is 0.295 e. The van der Waals surface area contributed by atoms with Crippen LogP contribution in [0.5, 0.6) is 0 Å². The molecule has 30 rings (SSSR count). The van der Waals surface area contributed by atoms with Crippen molar-refractivity contribution >= 4 is 207 Å². The molecule has 16 aromatic rings. The van der Waals surface area contributed by atoms with Crippen molar-refractivity contribution in [1.82, 2.24) is 15.1 Å². The summed E-state index contributed by atoms with van der Waals surface area (Å²) < 4.78 is 0. The Bertz CT molecular complexity index is 8370. The van der Waals surface area contributed by atoms with Crippen LogP contribution in [0.2, 0.25) is 0 Å². The van der Waals surface area contributed by atoms with Crippen LogP contribution in [0.3, 0.4) is 0 Å². The molecule has 1 saturated heterocycles. The Balaban J connectivity index is 0.0000000986. The van der Waals surface area contributed by atoms with Gasteiger partial charge in [0.1, 0.15) is 0 Å². The van der Waals surface area contributed by atoms with E-state index in [1.165, 1.54) is 111 Å². The molecule has 1 saturated carbocycles. The molecule has 147 heavy (non-hydrogen) atoms. The Morgan fingerprint density at radius 2 is 0.422 bits per heavy atom. The zero-order valence-electron chi connectivity index (χ0n) is 80.3. The molecule has 11 aliphatic carbocycles. The third-order valence-electron chi connectivity index (χ3n) is 28.2. The van der Waals surface area contributed by atoms with Crippen molar-refractivity contribution in [3.05, 3.63) is 471 Å². The molecule has 0 bridgehead atoms. The fourth-order valence-electron chi connectivity index (χ4n) is 20.7. The van der Waals surface area contributed by atoms with Gasteiger partial charge in [-0.2, -0.15) is 0 Å². The van der Waals surface area contributed by atoms with Crippen molar-refractivity contribution in [3.63, 3.8) is 0 Å². The van der Waals surface area contributed by atoms with Crippen LogP contribution in [-0.4, -0.2) is 106 Å². The van der Waals surface area contributed by atoms with Crippen molar-refractivity contribution in [2.24, 2.45) is 23.7 Å². The number of carbonyl (C=O) groups excluding carboxylic acids is 14. The molecule has 17 nitrogen and oxygen atoms in total. The summed E-state index contributed by atoms with van der Waals surface area (Å²) in [5.41, 5.74) is 6.69. The maximum absolute atomic E-state index is 12.2. The summed E-state index contributed by atoms with van der Waals surface area (Å²) in [4.78, 5) is 165. The van der Waals surface area contributed by atoms with E-state index in [4.69, 9.17) is 0 Å². The highest BCUT2D eigenvalue weighted by Gasteiger charge is 2.46. The number of nitrogens with one attached hydrogen (secondary N) is 1. The number of hydrogen-bond donors (Lipinski definition) is 1. The summed E-state index contributed by atoms with van der Waals surface area (Å²) >= 11 is 0. The first-order valence-corrected chi connectivity index (χ1v) is 48.9. The van der Waals surface area contributed by atoms with Gasteiger partial charge in [0.25, 0.3) is 23.6 Å². The second-order valence-corrected chi connectivity index (χ2v) is 37.2. The molecule has 3 aliphatic heterocycles. The summed E-state index contributed by atoms with van der Waals surface area (Å²) in [5.74, 6) is -4.20. The average Bonchev–Trinajstić information content (AvgIpc) is 1.40. The number of ketones is 8. The van der Waals surface area contributed by atoms with Crippen LogP contribution >= 0.6 is 0 Å². The van der Waals surface area contributed by atoms with Gasteiger partial charge in [-0.3, -0.25) is 82.2 Å². The number of benzene rings is 16. The van der Waals surface area contributed by atoms with Gasteiger partial charge in [-0.25, -0.2) is 0 Å². The molecular weight excluding hydrogens is 1830 g/mol. The quantitative estimate of drug-likeness (QED) is 0.109. The second-order valence-electron chi connectivity index (χ2n) is 37.2. The fraction of sp³-hybridized carbons (Fsp3) is 0.108. The SMILES string of the molecule is C1=c2cc3ccccc3cc2=CC1.C1=c2cc3ccccc3cc2=CC1.C1=c2cc3ccccc3cc2=CC1.C1=c2ccccc2=CC1.C1=c2ccccc2=CC1.CN1C(=O)c2cccc3cccc(c23)C1=O.CN1C(=O)c2cccc3cccc(c23)C1=O.O=C1CC(=O)C2=CC3C(=O)NC(=O)C3C=C12.O=C1CC(=O)c2cccc3cccc1c23.O=C1CC(=O)c2ccccc21.O=C1c2ccccc2C(=O)C2C=CC=CC12. The van der Waals surface area contributed by atoms with Crippen molar-refractivity contribution < 1.29 is 67.1 Å². The van der Waals surface area contributed by atoms with E-state index in [1.54, 1.807) is 84.9 Å². The van der Waals surface area contributed by atoms with Crippen molar-refractivity contribution in [1.29, 1.82) is 0 Å². The first-order valence-electron chi connectivity index (χ1n) is 48.9. The van der Waals surface area contributed by atoms with E-state index in [-0.39, 0.29) is 101 Å². The van der Waals surface area contributed by atoms with Crippen LogP contribution in [0, 0.1) is 23.7 Å². The van der Waals surface area contributed by atoms with E-state index in [1.807, 2.05) is 97.1 Å². The van der Waals surface area contributed by atoms with Gasteiger partial charge in [0.2, 0.25) is 11.8 Å². The first-order chi connectivity index (χ1) is 71.5. The average molecular weight is 1920 g/mol. The molecule has 4 unspecified atom stereocenters. The number of amides is 6. The second kappa shape index (κ2) is 42.0. The van der Waals surface area contributed by atoms with Crippen LogP contribution in [0.15, 0.2) is 363 Å². The van der Waals surface area contributed by atoms with E-state index in [0.717, 1.165) is 74.2 Å². The van der Waals surface area contributed by atoms with Crippen LogP contribution < -0.4 is 57.5 Å². The number of allylic oxidation sites excluding steroid dienone is 6. The van der Waals surface area contributed by atoms with E-state index >= 15 is 0 Å². The highest BCUT2D eigenvalue weighted by atomic mass is 16.2. The number of imide groups is 3.